The number of aromatic nitrogens is 1. The first kappa shape index (κ1) is 19.0. The third kappa shape index (κ3) is 5.62. The van der Waals surface area contributed by atoms with Crippen molar-refractivity contribution < 1.29 is 14.1 Å². The van der Waals surface area contributed by atoms with Gasteiger partial charge in [0.2, 0.25) is 0 Å². The van der Waals surface area contributed by atoms with Crippen molar-refractivity contribution >= 4 is 5.71 Å². The highest BCUT2D eigenvalue weighted by molar-refractivity contribution is 5.98. The third-order valence-electron chi connectivity index (χ3n) is 3.87. The maximum atomic E-state index is 6.00. The van der Waals surface area contributed by atoms with Crippen LogP contribution in [-0.4, -0.2) is 24.1 Å². The van der Waals surface area contributed by atoms with Crippen LogP contribution in [0.15, 0.2) is 27.9 Å². The Hall–Kier alpha value is -2.30. The number of oxime groups is 1. The predicted molar refractivity (Wildman–Crippen MR) is 99.4 cm³/mol. The van der Waals surface area contributed by atoms with Crippen LogP contribution in [0.4, 0.5) is 0 Å². The average Bonchev–Trinajstić information content (AvgIpc) is 2.98. The lowest BCUT2D eigenvalue weighted by Crippen LogP contribution is -2.04. The zero-order chi connectivity index (χ0) is 18.2. The Morgan fingerprint density at radius 2 is 1.84 bits per heavy atom. The van der Waals surface area contributed by atoms with Crippen molar-refractivity contribution in [2.24, 2.45) is 5.16 Å². The minimum atomic E-state index is 0.640. The molecule has 0 aliphatic heterocycles. The molecule has 0 fully saturated rings. The molecule has 2 aromatic rings. The van der Waals surface area contributed by atoms with E-state index in [4.69, 9.17) is 14.1 Å². The largest absolute Gasteiger partial charge is 0.493 e. The van der Waals surface area contributed by atoms with Crippen LogP contribution in [0.5, 0.6) is 5.75 Å². The van der Waals surface area contributed by atoms with Gasteiger partial charge in [-0.1, -0.05) is 17.2 Å². The summed E-state index contributed by atoms with van der Waals surface area (Å²) in [4.78, 5) is 5.27. The van der Waals surface area contributed by atoms with E-state index >= 15 is 0 Å². The van der Waals surface area contributed by atoms with Crippen molar-refractivity contribution in [3.63, 3.8) is 0 Å². The Morgan fingerprint density at radius 1 is 1.12 bits per heavy atom. The van der Waals surface area contributed by atoms with E-state index in [1.54, 1.807) is 0 Å². The molecule has 1 aromatic carbocycles. The van der Waals surface area contributed by atoms with E-state index in [2.05, 4.69) is 43.2 Å². The molecule has 0 aliphatic rings. The normalized spacial score (nSPS) is 11.6. The second kappa shape index (κ2) is 9.25. The van der Waals surface area contributed by atoms with Gasteiger partial charge in [-0.15, -0.1) is 0 Å². The van der Waals surface area contributed by atoms with Crippen molar-refractivity contribution in [2.45, 2.75) is 53.9 Å². The zero-order valence-electron chi connectivity index (χ0n) is 15.9. The van der Waals surface area contributed by atoms with Crippen LogP contribution in [0.25, 0.3) is 0 Å². The van der Waals surface area contributed by atoms with Gasteiger partial charge in [-0.05, 0) is 69.4 Å². The van der Waals surface area contributed by atoms with Crippen molar-refractivity contribution in [3.05, 3.63) is 46.3 Å². The van der Waals surface area contributed by atoms with Gasteiger partial charge in [-0.2, -0.15) is 0 Å². The smallest absolute Gasteiger partial charge is 0.137 e. The van der Waals surface area contributed by atoms with E-state index in [0.29, 0.717) is 13.2 Å². The van der Waals surface area contributed by atoms with Gasteiger partial charge in [-0.25, -0.2) is 0 Å². The second-order valence-corrected chi connectivity index (χ2v) is 6.34. The van der Waals surface area contributed by atoms with E-state index < -0.39 is 0 Å². The fourth-order valence-corrected chi connectivity index (χ4v) is 2.63. The number of aryl methyl sites for hydroxylation is 4. The third-order valence-corrected chi connectivity index (χ3v) is 3.87. The number of hydrogen-bond acceptors (Lipinski definition) is 5. The highest BCUT2D eigenvalue weighted by Crippen LogP contribution is 2.25. The molecule has 1 aromatic heterocycles. The molecule has 25 heavy (non-hydrogen) atoms. The molecule has 2 rings (SSSR count). The number of benzene rings is 1. The van der Waals surface area contributed by atoms with Crippen LogP contribution >= 0.6 is 0 Å². The van der Waals surface area contributed by atoms with Crippen LogP contribution < -0.4 is 4.74 Å². The minimum Gasteiger partial charge on any atom is -0.493 e. The Bertz CT molecular complexity index is 696. The quantitative estimate of drug-likeness (QED) is 0.374. The fraction of sp³-hybridized carbons (Fsp3) is 0.500. The van der Waals surface area contributed by atoms with Crippen molar-refractivity contribution in [3.8, 4) is 5.75 Å². The lowest BCUT2D eigenvalue weighted by Gasteiger charge is -2.14. The van der Waals surface area contributed by atoms with Crippen molar-refractivity contribution in [1.29, 1.82) is 0 Å². The SMILES string of the molecule is CCCO/N=C(\C)c1cc(C)c(OCCCc2cc(C)no2)c(C)c1. The molecule has 0 unspecified atom stereocenters. The van der Waals surface area contributed by atoms with E-state index in [-0.39, 0.29) is 0 Å². The number of nitrogens with zero attached hydrogens (tertiary/aromatic N) is 2. The first-order chi connectivity index (χ1) is 12.0. The Morgan fingerprint density at radius 3 is 2.44 bits per heavy atom. The lowest BCUT2D eigenvalue weighted by atomic mass is 10.0. The Kier molecular flexibility index (Phi) is 7.04. The summed E-state index contributed by atoms with van der Waals surface area (Å²) < 4.78 is 11.2. The summed E-state index contributed by atoms with van der Waals surface area (Å²) in [6.07, 6.45) is 2.67. The number of hydrogen-bond donors (Lipinski definition) is 0. The standard InChI is InChI=1S/C20H28N2O3/c1-6-9-24-22-17(5)18-11-14(2)20(15(3)12-18)23-10-7-8-19-13-16(4)21-25-19/h11-13H,6-10H2,1-5H3/b22-17+. The van der Waals surface area contributed by atoms with Gasteiger partial charge in [0.15, 0.2) is 0 Å². The average molecular weight is 344 g/mol. The molecular formula is C20H28N2O3. The lowest BCUT2D eigenvalue weighted by molar-refractivity contribution is 0.145. The van der Waals surface area contributed by atoms with Gasteiger partial charge in [0.25, 0.3) is 0 Å². The molecule has 0 bridgehead atoms. The predicted octanol–water partition coefficient (Wildman–Crippen LogP) is 4.76. The van der Waals surface area contributed by atoms with Gasteiger partial charge in [0.05, 0.1) is 18.0 Å². The maximum absolute atomic E-state index is 6.00. The van der Waals surface area contributed by atoms with Crippen molar-refractivity contribution in [1.82, 2.24) is 5.16 Å². The first-order valence-electron chi connectivity index (χ1n) is 8.84. The Balaban J connectivity index is 1.93. The van der Waals surface area contributed by atoms with E-state index in [1.807, 2.05) is 19.9 Å². The molecule has 0 radical (unpaired) electrons. The van der Waals surface area contributed by atoms with Gasteiger partial charge in [0, 0.05) is 12.5 Å². The van der Waals surface area contributed by atoms with Gasteiger partial charge >= 0.3 is 0 Å². The molecule has 0 atom stereocenters. The Labute approximate surface area is 150 Å². The van der Waals surface area contributed by atoms with E-state index in [0.717, 1.165) is 58.9 Å². The summed E-state index contributed by atoms with van der Waals surface area (Å²) >= 11 is 0. The molecule has 0 N–H and O–H groups in total. The molecule has 0 spiro atoms. The van der Waals surface area contributed by atoms with Crippen molar-refractivity contribution in [2.75, 3.05) is 13.2 Å². The van der Waals surface area contributed by atoms with Crippen LogP contribution in [0.1, 0.15) is 54.8 Å². The van der Waals surface area contributed by atoms with Crippen LogP contribution in [0.3, 0.4) is 0 Å². The van der Waals surface area contributed by atoms with Crippen LogP contribution in [-0.2, 0) is 11.3 Å². The molecule has 5 nitrogen and oxygen atoms in total. The fourth-order valence-electron chi connectivity index (χ4n) is 2.63. The molecule has 5 heteroatoms. The molecule has 0 saturated heterocycles. The van der Waals surface area contributed by atoms with Gasteiger partial charge in [-0.3, -0.25) is 0 Å². The molecular weight excluding hydrogens is 316 g/mol. The molecule has 0 saturated carbocycles. The number of rotatable bonds is 9. The molecule has 136 valence electrons. The van der Waals surface area contributed by atoms with Gasteiger partial charge < -0.3 is 14.1 Å². The van der Waals surface area contributed by atoms with Crippen LogP contribution in [0, 0.1) is 20.8 Å². The number of ether oxygens (including phenoxy) is 1. The van der Waals surface area contributed by atoms with Gasteiger partial charge in [0.1, 0.15) is 18.1 Å². The van der Waals surface area contributed by atoms with E-state index in [1.165, 1.54) is 0 Å². The highest BCUT2D eigenvalue weighted by Gasteiger charge is 2.09. The summed E-state index contributed by atoms with van der Waals surface area (Å²) in [6, 6.07) is 6.15. The zero-order valence-corrected chi connectivity index (χ0v) is 15.9. The molecule has 0 amide bonds. The monoisotopic (exact) mass is 344 g/mol. The summed E-state index contributed by atoms with van der Waals surface area (Å²) in [7, 11) is 0. The second-order valence-electron chi connectivity index (χ2n) is 6.34. The summed E-state index contributed by atoms with van der Waals surface area (Å²) in [6.45, 7) is 11.4. The van der Waals surface area contributed by atoms with Crippen LogP contribution in [0.2, 0.25) is 0 Å². The summed E-state index contributed by atoms with van der Waals surface area (Å²) in [5.74, 6) is 1.85. The molecule has 0 aliphatic carbocycles. The minimum absolute atomic E-state index is 0.640. The first-order valence-corrected chi connectivity index (χ1v) is 8.84. The summed E-state index contributed by atoms with van der Waals surface area (Å²) in [5, 5.41) is 8.06. The highest BCUT2D eigenvalue weighted by atomic mass is 16.6. The topological polar surface area (TPSA) is 56.9 Å². The maximum Gasteiger partial charge on any atom is 0.137 e. The van der Waals surface area contributed by atoms with E-state index in [9.17, 15) is 0 Å². The summed E-state index contributed by atoms with van der Waals surface area (Å²) in [5.41, 5.74) is 5.08. The molecule has 1 heterocycles.